The molecule has 0 saturated carbocycles. The van der Waals surface area contributed by atoms with Crippen LogP contribution in [0.25, 0.3) is 32.2 Å². The fraction of sp³-hybridized carbons (Fsp3) is 0.290. The van der Waals surface area contributed by atoms with Crippen molar-refractivity contribution in [2.24, 2.45) is 0 Å². The fourth-order valence-electron chi connectivity index (χ4n) is 5.58. The molecule has 0 atom stereocenters. The number of nitro groups is 1. The van der Waals surface area contributed by atoms with Gasteiger partial charge in [0.25, 0.3) is 5.69 Å². The topological polar surface area (TPSA) is 109 Å². The van der Waals surface area contributed by atoms with Crippen molar-refractivity contribution in [3.63, 3.8) is 0 Å². The maximum absolute atomic E-state index is 11.0. The van der Waals surface area contributed by atoms with Crippen LogP contribution in [0.2, 0.25) is 0 Å². The number of halogens is 1. The quantitative estimate of drug-likeness (QED) is 0.110. The van der Waals surface area contributed by atoms with E-state index in [0.717, 1.165) is 93.6 Å². The molecule has 43 heavy (non-hydrogen) atoms. The minimum absolute atomic E-state index is 0. The van der Waals surface area contributed by atoms with Gasteiger partial charge in [0.2, 0.25) is 12.5 Å². The summed E-state index contributed by atoms with van der Waals surface area (Å²) in [5, 5.41) is 17.3. The van der Waals surface area contributed by atoms with Gasteiger partial charge in [-0.1, -0.05) is 11.3 Å². The SMILES string of the molecule is COc1ccc2cc3[n+](cc2c1OCCCCCNc1nc2ccc([N+](=O)[O-])cc2s1)CCc1cc2c(cc1-3)OCO2.[Cl-]. The first-order valence-corrected chi connectivity index (χ1v) is 14.8. The number of ether oxygens (including phenoxy) is 4. The summed E-state index contributed by atoms with van der Waals surface area (Å²) in [7, 11) is 1.67. The van der Waals surface area contributed by atoms with E-state index in [2.05, 4.69) is 45.3 Å². The molecule has 0 aliphatic carbocycles. The van der Waals surface area contributed by atoms with Crippen LogP contribution in [0.1, 0.15) is 24.8 Å². The molecule has 5 aromatic rings. The van der Waals surface area contributed by atoms with Gasteiger partial charge in [-0.3, -0.25) is 10.1 Å². The summed E-state index contributed by atoms with van der Waals surface area (Å²) >= 11 is 1.43. The smallest absolute Gasteiger partial charge is 0.270 e. The Balaban J connectivity index is 0.00000329. The molecular formula is C31H29ClN4O6S. The van der Waals surface area contributed by atoms with Gasteiger partial charge in [-0.15, -0.1) is 0 Å². The molecule has 4 heterocycles. The predicted molar refractivity (Wildman–Crippen MR) is 160 cm³/mol. The van der Waals surface area contributed by atoms with Gasteiger partial charge in [-0.05, 0) is 60.5 Å². The summed E-state index contributed by atoms with van der Waals surface area (Å²) in [5.41, 5.74) is 4.44. The Bertz CT molecular complexity index is 1850. The van der Waals surface area contributed by atoms with Crippen molar-refractivity contribution in [3.05, 3.63) is 70.4 Å². The maximum atomic E-state index is 11.0. The molecule has 0 amide bonds. The molecule has 3 aromatic carbocycles. The second-order valence-corrected chi connectivity index (χ2v) is 11.4. The number of thiazole rings is 1. The Hall–Kier alpha value is -4.35. The van der Waals surface area contributed by atoms with Gasteiger partial charge in [0, 0.05) is 31.2 Å². The van der Waals surface area contributed by atoms with Gasteiger partial charge in [0.05, 0.1) is 39.8 Å². The number of rotatable bonds is 10. The molecule has 222 valence electrons. The van der Waals surface area contributed by atoms with Gasteiger partial charge in [0.1, 0.15) is 0 Å². The van der Waals surface area contributed by atoms with Crippen LogP contribution in [0.3, 0.4) is 0 Å². The van der Waals surface area contributed by atoms with Gasteiger partial charge in [-0.25, -0.2) is 4.98 Å². The summed E-state index contributed by atoms with van der Waals surface area (Å²) in [4.78, 5) is 15.2. The summed E-state index contributed by atoms with van der Waals surface area (Å²) < 4.78 is 26.3. The van der Waals surface area contributed by atoms with E-state index in [1.165, 1.54) is 28.5 Å². The number of nitrogens with one attached hydrogen (secondary N) is 1. The zero-order chi connectivity index (χ0) is 28.6. The molecule has 2 aliphatic heterocycles. The lowest BCUT2D eigenvalue weighted by Crippen LogP contribution is -3.00. The lowest BCUT2D eigenvalue weighted by molar-refractivity contribution is -0.686. The Kier molecular flexibility index (Phi) is 8.09. The maximum Gasteiger partial charge on any atom is 0.270 e. The summed E-state index contributed by atoms with van der Waals surface area (Å²) in [6, 6.07) is 15.2. The van der Waals surface area contributed by atoms with Crippen LogP contribution in [0.5, 0.6) is 23.0 Å². The zero-order valence-electron chi connectivity index (χ0n) is 23.4. The number of nitrogens with zero attached hydrogens (tertiary/aromatic N) is 3. The van der Waals surface area contributed by atoms with E-state index in [1.54, 1.807) is 19.2 Å². The number of aromatic nitrogens is 2. The average molecular weight is 621 g/mol. The Morgan fingerprint density at radius 2 is 1.95 bits per heavy atom. The Labute approximate surface area is 257 Å². The minimum Gasteiger partial charge on any atom is -1.00 e. The van der Waals surface area contributed by atoms with E-state index < -0.39 is 0 Å². The first kappa shape index (κ1) is 28.8. The van der Waals surface area contributed by atoms with Crippen molar-refractivity contribution in [1.29, 1.82) is 0 Å². The van der Waals surface area contributed by atoms with E-state index in [9.17, 15) is 10.1 Å². The number of pyridine rings is 1. The van der Waals surface area contributed by atoms with Gasteiger partial charge in [-0.2, -0.15) is 4.57 Å². The number of methoxy groups -OCH3 is 1. The van der Waals surface area contributed by atoms with Crippen molar-refractivity contribution < 1.29 is 40.8 Å². The summed E-state index contributed by atoms with van der Waals surface area (Å²) in [6.07, 6.45) is 5.92. The van der Waals surface area contributed by atoms with E-state index >= 15 is 0 Å². The van der Waals surface area contributed by atoms with E-state index in [0.29, 0.717) is 6.61 Å². The van der Waals surface area contributed by atoms with Crippen LogP contribution in [0, 0.1) is 10.1 Å². The number of nitro benzene ring substituents is 1. The van der Waals surface area contributed by atoms with Gasteiger partial charge < -0.3 is 36.7 Å². The highest BCUT2D eigenvalue weighted by molar-refractivity contribution is 7.22. The van der Waals surface area contributed by atoms with Gasteiger partial charge >= 0.3 is 0 Å². The second-order valence-electron chi connectivity index (χ2n) is 10.3. The fourth-order valence-corrected chi connectivity index (χ4v) is 6.51. The lowest BCUT2D eigenvalue weighted by atomic mass is 9.95. The zero-order valence-corrected chi connectivity index (χ0v) is 25.0. The molecular weight excluding hydrogens is 592 g/mol. The minimum atomic E-state index is -0.385. The third kappa shape index (κ3) is 5.57. The molecule has 12 heteroatoms. The molecule has 0 saturated heterocycles. The molecule has 10 nitrogen and oxygen atoms in total. The van der Waals surface area contributed by atoms with Crippen LogP contribution < -0.4 is 41.2 Å². The van der Waals surface area contributed by atoms with Crippen LogP contribution in [-0.4, -0.2) is 37.0 Å². The lowest BCUT2D eigenvalue weighted by Gasteiger charge is -2.18. The highest BCUT2D eigenvalue weighted by Gasteiger charge is 2.28. The van der Waals surface area contributed by atoms with E-state index in [-0.39, 0.29) is 29.8 Å². The van der Waals surface area contributed by atoms with Crippen molar-refractivity contribution in [2.75, 3.05) is 32.4 Å². The number of hydrogen-bond acceptors (Lipinski definition) is 9. The van der Waals surface area contributed by atoms with Crippen molar-refractivity contribution in [2.45, 2.75) is 32.2 Å². The van der Waals surface area contributed by atoms with Crippen molar-refractivity contribution in [3.8, 4) is 34.3 Å². The molecule has 7 rings (SSSR count). The number of non-ortho nitro benzene ring substituents is 1. The van der Waals surface area contributed by atoms with Gasteiger partial charge in [0.15, 0.2) is 40.9 Å². The summed E-state index contributed by atoms with van der Waals surface area (Å²) in [6.45, 7) is 2.48. The second kappa shape index (κ2) is 12.1. The number of fused-ring (bicyclic) bond motifs is 6. The number of unbranched alkanes of at least 4 members (excludes halogenated alkanes) is 2. The molecule has 2 aromatic heterocycles. The average Bonchev–Trinajstić information content (AvgIpc) is 3.64. The van der Waals surface area contributed by atoms with Crippen LogP contribution in [-0.2, 0) is 13.0 Å². The Morgan fingerprint density at radius 1 is 1.09 bits per heavy atom. The van der Waals surface area contributed by atoms with E-state index in [1.807, 2.05) is 6.07 Å². The Morgan fingerprint density at radius 3 is 2.79 bits per heavy atom. The normalized spacial score (nSPS) is 12.9. The third-order valence-corrected chi connectivity index (χ3v) is 8.70. The van der Waals surface area contributed by atoms with Crippen molar-refractivity contribution >= 4 is 43.1 Å². The largest absolute Gasteiger partial charge is 1.00 e. The molecule has 0 unspecified atom stereocenters. The molecule has 2 aliphatic rings. The van der Waals surface area contributed by atoms with Crippen LogP contribution in [0.4, 0.5) is 10.8 Å². The molecule has 0 fully saturated rings. The number of aryl methyl sites for hydroxylation is 2. The van der Waals surface area contributed by atoms with Crippen molar-refractivity contribution in [1.82, 2.24) is 4.98 Å². The number of anilines is 1. The first-order chi connectivity index (χ1) is 20.6. The third-order valence-electron chi connectivity index (χ3n) is 7.72. The highest BCUT2D eigenvalue weighted by Crippen LogP contribution is 2.41. The highest BCUT2D eigenvalue weighted by atomic mass is 35.5. The monoisotopic (exact) mass is 620 g/mol. The summed E-state index contributed by atoms with van der Waals surface area (Å²) in [5.74, 6) is 3.11. The molecule has 0 bridgehead atoms. The number of hydrogen-bond donors (Lipinski definition) is 1. The van der Waals surface area contributed by atoms with Crippen LogP contribution >= 0.6 is 11.3 Å². The predicted octanol–water partition coefficient (Wildman–Crippen LogP) is 3.27. The van der Waals surface area contributed by atoms with E-state index in [4.69, 9.17) is 18.9 Å². The van der Waals surface area contributed by atoms with Crippen LogP contribution in [0.15, 0.2) is 54.7 Å². The molecule has 1 N–H and O–H groups in total. The molecule has 0 spiro atoms. The molecule has 0 radical (unpaired) electrons. The first-order valence-electron chi connectivity index (χ1n) is 14.0. The number of benzene rings is 3. The standard InChI is InChI=1S/C31H29N4O6S.ClH/c1-38-26-8-5-19-13-25-22-16-28-27(40-18-41-28)14-20(22)9-11-34(25)17-23(19)30(26)39-12-4-2-3-10-32-31-33-24-7-6-21(35(36)37)15-29(24)42-31;/h5-8,13-17H,2-4,9-12,18H2,1H3,(H,32,33);1H/q+1;/p-1.